The number of hydrogen-bond donors (Lipinski definition) is 2. The minimum atomic E-state index is 0.201. The summed E-state index contributed by atoms with van der Waals surface area (Å²) in [5, 5.41) is 7.45. The van der Waals surface area contributed by atoms with Crippen molar-refractivity contribution < 1.29 is 0 Å². The van der Waals surface area contributed by atoms with E-state index in [9.17, 15) is 0 Å². The smallest absolute Gasteiger partial charge is 0.257 e. The lowest BCUT2D eigenvalue weighted by molar-refractivity contribution is 0.479. The molecule has 3 N–H and O–H groups in total. The highest BCUT2D eigenvalue weighted by Gasteiger charge is 2.22. The Morgan fingerprint density at radius 2 is 2.10 bits per heavy atom. The van der Waals surface area contributed by atoms with E-state index >= 15 is 0 Å². The SMILES string of the molecule is CC(Nc1nc(N)nc(-n2cccn2)n1)C1CCCC1. The molecule has 3 rings (SSSR count). The molecule has 7 nitrogen and oxygen atoms in total. The van der Waals surface area contributed by atoms with E-state index in [1.807, 2.05) is 6.07 Å². The maximum Gasteiger partial charge on any atom is 0.257 e. The molecule has 1 saturated carbocycles. The Morgan fingerprint density at radius 1 is 1.30 bits per heavy atom. The average molecular weight is 273 g/mol. The van der Waals surface area contributed by atoms with Crippen molar-refractivity contribution in [3.05, 3.63) is 18.5 Å². The molecule has 1 fully saturated rings. The van der Waals surface area contributed by atoms with Gasteiger partial charge in [0.15, 0.2) is 0 Å². The van der Waals surface area contributed by atoms with Gasteiger partial charge in [-0.25, -0.2) is 4.68 Å². The molecule has 7 heteroatoms. The third-order valence-corrected chi connectivity index (χ3v) is 3.81. The zero-order chi connectivity index (χ0) is 13.9. The number of nitrogens with one attached hydrogen (secondary N) is 1. The zero-order valence-electron chi connectivity index (χ0n) is 11.5. The lowest BCUT2D eigenvalue weighted by Crippen LogP contribution is -2.25. The quantitative estimate of drug-likeness (QED) is 0.879. The summed E-state index contributed by atoms with van der Waals surface area (Å²) in [5.74, 6) is 1.83. The van der Waals surface area contributed by atoms with E-state index in [1.54, 1.807) is 17.1 Å². The van der Waals surface area contributed by atoms with Crippen LogP contribution in [0.5, 0.6) is 0 Å². The van der Waals surface area contributed by atoms with Gasteiger partial charge in [0.05, 0.1) is 0 Å². The molecule has 0 spiro atoms. The minimum Gasteiger partial charge on any atom is -0.368 e. The van der Waals surface area contributed by atoms with Crippen molar-refractivity contribution in [2.75, 3.05) is 11.1 Å². The van der Waals surface area contributed by atoms with Crippen LogP contribution in [0.4, 0.5) is 11.9 Å². The minimum absolute atomic E-state index is 0.201. The molecule has 0 radical (unpaired) electrons. The fraction of sp³-hybridized carbons (Fsp3) is 0.538. The molecule has 1 aliphatic carbocycles. The number of nitrogen functional groups attached to an aromatic ring is 1. The molecule has 0 aliphatic heterocycles. The number of rotatable bonds is 4. The normalized spacial score (nSPS) is 17.2. The number of nitrogens with zero attached hydrogens (tertiary/aromatic N) is 5. The van der Waals surface area contributed by atoms with E-state index in [-0.39, 0.29) is 5.95 Å². The molecular formula is C13H19N7. The van der Waals surface area contributed by atoms with Crippen LogP contribution in [0, 0.1) is 5.92 Å². The van der Waals surface area contributed by atoms with Gasteiger partial charge in [0.1, 0.15) is 0 Å². The second-order valence-electron chi connectivity index (χ2n) is 5.25. The van der Waals surface area contributed by atoms with Crippen LogP contribution in [0.25, 0.3) is 5.95 Å². The van der Waals surface area contributed by atoms with Crippen LogP contribution >= 0.6 is 0 Å². The first-order chi connectivity index (χ1) is 9.72. The fourth-order valence-corrected chi connectivity index (χ4v) is 2.71. The van der Waals surface area contributed by atoms with Gasteiger partial charge in [-0.2, -0.15) is 20.1 Å². The molecule has 2 heterocycles. The van der Waals surface area contributed by atoms with Gasteiger partial charge < -0.3 is 11.1 Å². The monoisotopic (exact) mass is 273 g/mol. The van der Waals surface area contributed by atoms with Crippen LogP contribution in [0.1, 0.15) is 32.6 Å². The van der Waals surface area contributed by atoms with Crippen LogP contribution in [0.15, 0.2) is 18.5 Å². The summed E-state index contributed by atoms with van der Waals surface area (Å²) in [7, 11) is 0. The van der Waals surface area contributed by atoms with Crippen LogP contribution in [0.3, 0.4) is 0 Å². The lowest BCUT2D eigenvalue weighted by atomic mass is 10.0. The molecule has 1 atom stereocenters. The van der Waals surface area contributed by atoms with Gasteiger partial charge in [-0.15, -0.1) is 0 Å². The Kier molecular flexibility index (Phi) is 3.49. The van der Waals surface area contributed by atoms with Crippen molar-refractivity contribution >= 4 is 11.9 Å². The van der Waals surface area contributed by atoms with E-state index in [1.165, 1.54) is 25.7 Å². The number of aromatic nitrogens is 5. The summed E-state index contributed by atoms with van der Waals surface area (Å²) in [5.41, 5.74) is 5.75. The zero-order valence-corrected chi connectivity index (χ0v) is 11.5. The molecule has 0 bridgehead atoms. The van der Waals surface area contributed by atoms with E-state index < -0.39 is 0 Å². The van der Waals surface area contributed by atoms with Gasteiger partial charge in [-0.1, -0.05) is 12.8 Å². The second-order valence-corrected chi connectivity index (χ2v) is 5.25. The first-order valence-electron chi connectivity index (χ1n) is 7.00. The first-order valence-corrected chi connectivity index (χ1v) is 7.00. The Labute approximate surface area is 117 Å². The topological polar surface area (TPSA) is 94.5 Å². The fourth-order valence-electron chi connectivity index (χ4n) is 2.71. The van der Waals surface area contributed by atoms with Gasteiger partial charge in [0, 0.05) is 18.4 Å². The molecule has 0 saturated heterocycles. The number of nitrogens with two attached hydrogens (primary N) is 1. The van der Waals surface area contributed by atoms with E-state index in [0.29, 0.717) is 23.9 Å². The molecule has 0 amide bonds. The predicted molar refractivity (Wildman–Crippen MR) is 76.4 cm³/mol. The maximum atomic E-state index is 5.75. The van der Waals surface area contributed by atoms with Gasteiger partial charge in [-0.05, 0) is 31.7 Å². The van der Waals surface area contributed by atoms with E-state index in [0.717, 1.165) is 0 Å². The summed E-state index contributed by atoms with van der Waals surface area (Å²) in [4.78, 5) is 12.6. The lowest BCUT2D eigenvalue weighted by Gasteiger charge is -2.20. The van der Waals surface area contributed by atoms with Crippen molar-refractivity contribution in [2.24, 2.45) is 5.92 Å². The van der Waals surface area contributed by atoms with E-state index in [2.05, 4.69) is 32.3 Å². The van der Waals surface area contributed by atoms with Gasteiger partial charge in [-0.3, -0.25) is 0 Å². The highest BCUT2D eigenvalue weighted by molar-refractivity contribution is 5.35. The van der Waals surface area contributed by atoms with Gasteiger partial charge in [0.25, 0.3) is 5.95 Å². The summed E-state index contributed by atoms with van der Waals surface area (Å²) in [6.07, 6.45) is 8.61. The third-order valence-electron chi connectivity index (χ3n) is 3.81. The second kappa shape index (κ2) is 5.44. The number of hydrogen-bond acceptors (Lipinski definition) is 6. The van der Waals surface area contributed by atoms with Crippen molar-refractivity contribution in [3.63, 3.8) is 0 Å². The predicted octanol–water partition coefficient (Wildman–Crippen LogP) is 1.63. The molecule has 0 aromatic carbocycles. The van der Waals surface area contributed by atoms with Crippen molar-refractivity contribution in [2.45, 2.75) is 38.6 Å². The van der Waals surface area contributed by atoms with Crippen LogP contribution in [-0.2, 0) is 0 Å². The number of anilines is 2. The van der Waals surface area contributed by atoms with Crippen LogP contribution in [-0.4, -0.2) is 30.8 Å². The molecular weight excluding hydrogens is 254 g/mol. The average Bonchev–Trinajstić information content (AvgIpc) is 3.12. The Bertz CT molecular complexity index is 560. The van der Waals surface area contributed by atoms with Crippen molar-refractivity contribution in [1.82, 2.24) is 24.7 Å². The molecule has 20 heavy (non-hydrogen) atoms. The van der Waals surface area contributed by atoms with Crippen LogP contribution in [0.2, 0.25) is 0 Å². The van der Waals surface area contributed by atoms with Gasteiger partial charge in [0.2, 0.25) is 11.9 Å². The standard InChI is InChI=1S/C13H19N7/c1-9(10-5-2-3-6-10)16-12-17-11(14)18-13(19-12)20-8-4-7-15-20/h4,7-10H,2-3,5-6H2,1H3,(H3,14,16,17,18,19). The van der Waals surface area contributed by atoms with Crippen molar-refractivity contribution in [1.29, 1.82) is 0 Å². The Morgan fingerprint density at radius 3 is 2.80 bits per heavy atom. The summed E-state index contributed by atoms with van der Waals surface area (Å²) < 4.78 is 1.57. The molecule has 106 valence electrons. The first kappa shape index (κ1) is 12.8. The highest BCUT2D eigenvalue weighted by atomic mass is 15.4. The summed E-state index contributed by atoms with van der Waals surface area (Å²) in [6.45, 7) is 2.17. The third kappa shape index (κ3) is 2.71. The van der Waals surface area contributed by atoms with E-state index in [4.69, 9.17) is 5.73 Å². The molecule has 2 aromatic rings. The maximum absolute atomic E-state index is 5.75. The van der Waals surface area contributed by atoms with Crippen molar-refractivity contribution in [3.8, 4) is 5.95 Å². The molecule has 1 aliphatic rings. The Balaban J connectivity index is 1.79. The largest absolute Gasteiger partial charge is 0.368 e. The Hall–Kier alpha value is -2.18. The summed E-state index contributed by atoms with van der Waals surface area (Å²) in [6, 6.07) is 2.15. The molecule has 1 unspecified atom stereocenters. The molecule has 2 aromatic heterocycles. The summed E-state index contributed by atoms with van der Waals surface area (Å²) >= 11 is 0. The van der Waals surface area contributed by atoms with Crippen LogP contribution < -0.4 is 11.1 Å². The highest BCUT2D eigenvalue weighted by Crippen LogP contribution is 2.28. The van der Waals surface area contributed by atoms with Gasteiger partial charge >= 0.3 is 0 Å².